The van der Waals surface area contributed by atoms with Crippen LogP contribution in [0.25, 0.3) is 16.4 Å². The number of isothiocyanates is 1. The summed E-state index contributed by atoms with van der Waals surface area (Å²) in [5.74, 6) is 1.19. The third kappa shape index (κ3) is 2.83. The molecule has 2 aromatic carbocycles. The van der Waals surface area contributed by atoms with Crippen LogP contribution in [0.15, 0.2) is 59.8 Å². The van der Waals surface area contributed by atoms with Crippen molar-refractivity contribution >= 4 is 40.2 Å². The lowest BCUT2D eigenvalue weighted by Gasteiger charge is -2.00. The van der Waals surface area contributed by atoms with Crippen molar-refractivity contribution in [2.24, 2.45) is 0 Å². The molecule has 4 rings (SSSR count). The zero-order valence-electron chi connectivity index (χ0n) is 12.0. The average molecular weight is 325 g/mol. The molecule has 0 amide bonds. The SMILES string of the molecule is [N-]=C=S.c1ccc(Cn2c3[n+](c4ccccc42)CCS3)cc1. The van der Waals surface area contributed by atoms with Gasteiger partial charge in [-0.25, -0.2) is 9.13 Å². The van der Waals surface area contributed by atoms with Gasteiger partial charge < -0.3 is 5.41 Å². The average Bonchev–Trinajstić information content (AvgIpc) is 3.13. The molecule has 0 atom stereocenters. The minimum absolute atomic E-state index is 0.955. The Kier molecular flexibility index (Phi) is 4.68. The number of hydrogen-bond acceptors (Lipinski definition) is 2. The first kappa shape index (κ1) is 15.0. The summed E-state index contributed by atoms with van der Waals surface area (Å²) in [6.45, 7) is 2.08. The second-order valence-electron chi connectivity index (χ2n) is 4.93. The molecule has 0 N–H and O–H groups in total. The zero-order chi connectivity index (χ0) is 15.4. The van der Waals surface area contributed by atoms with Crippen LogP contribution in [0.1, 0.15) is 5.56 Å². The number of para-hydroxylation sites is 2. The van der Waals surface area contributed by atoms with Crippen LogP contribution in [0.2, 0.25) is 0 Å². The number of fused-ring (bicyclic) bond motifs is 3. The predicted octanol–water partition coefficient (Wildman–Crippen LogP) is 3.74. The van der Waals surface area contributed by atoms with E-state index in [9.17, 15) is 0 Å². The maximum Gasteiger partial charge on any atom is 0.319 e. The van der Waals surface area contributed by atoms with Crippen molar-refractivity contribution in [3.05, 3.63) is 65.6 Å². The summed E-state index contributed by atoms with van der Waals surface area (Å²) in [4.78, 5) is 0. The molecule has 1 aliphatic heterocycles. The summed E-state index contributed by atoms with van der Waals surface area (Å²) in [6.07, 6.45) is 0. The van der Waals surface area contributed by atoms with Gasteiger partial charge in [-0.2, -0.15) is 5.16 Å². The van der Waals surface area contributed by atoms with Gasteiger partial charge in [-0.15, -0.1) is 0 Å². The Morgan fingerprint density at radius 2 is 1.82 bits per heavy atom. The van der Waals surface area contributed by atoms with E-state index >= 15 is 0 Å². The Morgan fingerprint density at radius 3 is 2.59 bits per heavy atom. The van der Waals surface area contributed by atoms with Gasteiger partial charge in [0, 0.05) is 5.75 Å². The van der Waals surface area contributed by atoms with Crippen LogP contribution in [-0.2, 0) is 13.1 Å². The summed E-state index contributed by atoms with van der Waals surface area (Å²) in [6, 6.07) is 19.4. The lowest BCUT2D eigenvalue weighted by molar-refractivity contribution is -0.700. The van der Waals surface area contributed by atoms with Gasteiger partial charge in [-0.1, -0.05) is 54.7 Å². The molecule has 0 saturated carbocycles. The number of aromatic nitrogens is 2. The number of nitrogens with zero attached hydrogens (tertiary/aromatic N) is 3. The number of rotatable bonds is 2. The van der Waals surface area contributed by atoms with E-state index in [1.807, 2.05) is 11.8 Å². The van der Waals surface area contributed by atoms with Gasteiger partial charge in [0.15, 0.2) is 11.0 Å². The molecule has 0 spiro atoms. The number of thioether (sulfide) groups is 1. The molecule has 0 saturated heterocycles. The molecule has 1 aliphatic rings. The van der Waals surface area contributed by atoms with Crippen LogP contribution in [0.4, 0.5) is 0 Å². The lowest BCUT2D eigenvalue weighted by atomic mass is 10.2. The molecule has 0 unspecified atom stereocenters. The standard InChI is InChI=1S/C16H15N2S.CNS/c1-2-6-13(7-3-1)12-18-15-9-5-4-8-14(15)17-10-11-19-16(17)18;2-1-3/h1-9H,10-12H2;/q+1;-1. The van der Waals surface area contributed by atoms with Gasteiger partial charge in [0.05, 0.1) is 0 Å². The minimum atomic E-state index is 0.955. The third-order valence-electron chi connectivity index (χ3n) is 3.65. The minimum Gasteiger partial charge on any atom is -0.753 e. The Hall–Kier alpha value is -1.94. The maximum absolute atomic E-state index is 7.13. The first-order valence-corrected chi connectivity index (χ1v) is 8.43. The number of aryl methyl sites for hydroxylation is 1. The lowest BCUT2D eigenvalue weighted by Crippen LogP contribution is -2.31. The van der Waals surface area contributed by atoms with Crippen LogP contribution in [0, 0.1) is 0 Å². The van der Waals surface area contributed by atoms with Crippen molar-refractivity contribution in [1.29, 1.82) is 0 Å². The quantitative estimate of drug-likeness (QED) is 0.408. The number of imidazole rings is 1. The van der Waals surface area contributed by atoms with Crippen molar-refractivity contribution in [3.63, 3.8) is 0 Å². The smallest absolute Gasteiger partial charge is 0.319 e. The highest BCUT2D eigenvalue weighted by Crippen LogP contribution is 2.27. The fourth-order valence-electron chi connectivity index (χ4n) is 2.79. The summed E-state index contributed by atoms with van der Waals surface area (Å²) in [5.41, 5.74) is 4.06. The second kappa shape index (κ2) is 6.88. The van der Waals surface area contributed by atoms with Crippen molar-refractivity contribution in [3.8, 4) is 0 Å². The van der Waals surface area contributed by atoms with E-state index in [4.69, 9.17) is 5.41 Å². The largest absolute Gasteiger partial charge is 0.753 e. The van der Waals surface area contributed by atoms with Gasteiger partial charge in [0.25, 0.3) is 0 Å². The van der Waals surface area contributed by atoms with E-state index < -0.39 is 0 Å². The van der Waals surface area contributed by atoms with Gasteiger partial charge in [0.1, 0.15) is 13.1 Å². The second-order valence-corrected chi connectivity index (χ2v) is 6.18. The van der Waals surface area contributed by atoms with Crippen LogP contribution in [0.3, 0.4) is 0 Å². The molecule has 3 aromatic rings. The summed E-state index contributed by atoms with van der Waals surface area (Å²) in [5, 5.41) is 9.86. The highest BCUT2D eigenvalue weighted by molar-refractivity contribution is 7.99. The van der Waals surface area contributed by atoms with Crippen molar-refractivity contribution < 1.29 is 4.57 Å². The molecule has 2 heterocycles. The van der Waals surface area contributed by atoms with Gasteiger partial charge in [-0.3, -0.25) is 0 Å². The van der Waals surface area contributed by atoms with Gasteiger partial charge in [-0.05, 0) is 29.5 Å². The molecular weight excluding hydrogens is 310 g/mol. The molecule has 5 heteroatoms. The summed E-state index contributed by atoms with van der Waals surface area (Å²) >= 11 is 5.66. The monoisotopic (exact) mass is 325 g/mol. The van der Waals surface area contributed by atoms with Gasteiger partial charge in [0.2, 0.25) is 0 Å². The first-order chi connectivity index (χ1) is 10.8. The van der Waals surface area contributed by atoms with E-state index in [1.165, 1.54) is 32.7 Å². The number of thiocarbonyl (C=S) groups is 1. The molecule has 22 heavy (non-hydrogen) atoms. The van der Waals surface area contributed by atoms with Crippen LogP contribution >= 0.6 is 24.0 Å². The van der Waals surface area contributed by atoms with E-state index in [2.05, 4.69) is 75.9 Å². The molecule has 3 nitrogen and oxygen atoms in total. The van der Waals surface area contributed by atoms with Gasteiger partial charge >= 0.3 is 5.16 Å². The Bertz CT molecular complexity index is 819. The molecule has 1 aromatic heterocycles. The zero-order valence-corrected chi connectivity index (χ0v) is 13.6. The Morgan fingerprint density at radius 1 is 1.14 bits per heavy atom. The summed E-state index contributed by atoms with van der Waals surface area (Å²) < 4.78 is 4.89. The van der Waals surface area contributed by atoms with E-state index in [1.54, 1.807) is 0 Å². The Labute approximate surface area is 139 Å². The van der Waals surface area contributed by atoms with Crippen molar-refractivity contribution in [1.82, 2.24) is 4.57 Å². The third-order valence-corrected chi connectivity index (χ3v) is 4.74. The van der Waals surface area contributed by atoms with Crippen LogP contribution in [-0.4, -0.2) is 15.5 Å². The van der Waals surface area contributed by atoms with Crippen LogP contribution < -0.4 is 4.57 Å². The fraction of sp³-hybridized carbons (Fsp3) is 0.176. The highest BCUT2D eigenvalue weighted by Gasteiger charge is 2.29. The van der Waals surface area contributed by atoms with Crippen molar-refractivity contribution in [2.45, 2.75) is 18.2 Å². The number of benzene rings is 2. The molecule has 110 valence electrons. The molecule has 0 aliphatic carbocycles. The van der Waals surface area contributed by atoms with Crippen molar-refractivity contribution in [2.75, 3.05) is 5.75 Å². The van der Waals surface area contributed by atoms with Crippen LogP contribution in [0.5, 0.6) is 0 Å². The van der Waals surface area contributed by atoms with E-state index in [0.29, 0.717) is 0 Å². The molecule has 0 radical (unpaired) electrons. The highest BCUT2D eigenvalue weighted by atomic mass is 32.2. The predicted molar refractivity (Wildman–Crippen MR) is 94.4 cm³/mol. The molecular formula is C17H15N3S2. The van der Waals surface area contributed by atoms with E-state index in [0.717, 1.165) is 13.1 Å². The number of hydrogen-bond donors (Lipinski definition) is 0. The fourth-order valence-corrected chi connectivity index (χ4v) is 3.91. The molecule has 0 fully saturated rings. The first-order valence-electron chi connectivity index (χ1n) is 7.04. The molecule has 0 bridgehead atoms. The Balaban J connectivity index is 0.000000446. The maximum atomic E-state index is 7.13. The normalized spacial score (nSPS) is 12.4. The summed E-state index contributed by atoms with van der Waals surface area (Å²) in [7, 11) is 0. The topological polar surface area (TPSA) is 31.1 Å². The van der Waals surface area contributed by atoms with E-state index in [-0.39, 0.29) is 0 Å².